The molecule has 2 rings (SSSR count). The normalized spacial score (nSPS) is 10.8. The minimum absolute atomic E-state index is 0.481. The fourth-order valence-electron chi connectivity index (χ4n) is 1.32. The second-order valence-corrected chi connectivity index (χ2v) is 4.74. The van der Waals surface area contributed by atoms with Crippen LogP contribution in [0.1, 0.15) is 5.56 Å². The fourth-order valence-corrected chi connectivity index (χ4v) is 1.80. The number of rotatable bonds is 3. The Morgan fingerprint density at radius 3 is 2.39 bits per heavy atom. The van der Waals surface area contributed by atoms with Gasteiger partial charge in [-0.05, 0) is 24.3 Å². The Kier molecular flexibility index (Phi) is 4.48. The number of benzene rings is 2. The van der Waals surface area contributed by atoms with E-state index < -0.39 is 0 Å². The topological polar surface area (TPSA) is 24.4 Å². The van der Waals surface area contributed by atoms with Crippen molar-refractivity contribution < 1.29 is 0 Å². The maximum absolute atomic E-state index is 5.99. The van der Waals surface area contributed by atoms with E-state index in [9.17, 15) is 0 Å². The predicted molar refractivity (Wildman–Crippen MR) is 79.1 cm³/mol. The van der Waals surface area contributed by atoms with Crippen LogP contribution in [-0.4, -0.2) is 6.21 Å². The summed E-state index contributed by atoms with van der Waals surface area (Å²) in [5.41, 5.74) is 4.45. The van der Waals surface area contributed by atoms with E-state index in [1.54, 1.807) is 24.4 Å². The van der Waals surface area contributed by atoms with E-state index in [-0.39, 0.29) is 0 Å². The van der Waals surface area contributed by atoms with Crippen molar-refractivity contribution in [3.8, 4) is 0 Å². The lowest BCUT2D eigenvalue weighted by atomic mass is 10.2. The van der Waals surface area contributed by atoms with Crippen molar-refractivity contribution >= 4 is 46.7 Å². The first kappa shape index (κ1) is 13.2. The van der Waals surface area contributed by atoms with Gasteiger partial charge in [0.25, 0.3) is 0 Å². The number of hydrogen-bond donors (Lipinski definition) is 1. The van der Waals surface area contributed by atoms with Gasteiger partial charge in [0.1, 0.15) is 0 Å². The van der Waals surface area contributed by atoms with Gasteiger partial charge in [0.05, 0.1) is 21.9 Å². The molecule has 2 nitrogen and oxygen atoms in total. The Morgan fingerprint density at radius 1 is 0.889 bits per heavy atom. The number of halogens is 3. The molecule has 0 aliphatic carbocycles. The lowest BCUT2D eigenvalue weighted by Gasteiger charge is -2.02. The largest absolute Gasteiger partial charge is 0.278 e. The van der Waals surface area contributed by atoms with Crippen LogP contribution in [0.3, 0.4) is 0 Å². The molecule has 92 valence electrons. The molecular weight excluding hydrogens is 291 g/mol. The predicted octanol–water partition coefficient (Wildman–Crippen LogP) is 5.09. The Labute approximate surface area is 120 Å². The third-order valence-electron chi connectivity index (χ3n) is 2.22. The van der Waals surface area contributed by atoms with Crippen molar-refractivity contribution in [2.75, 3.05) is 5.43 Å². The van der Waals surface area contributed by atoms with Crippen molar-refractivity contribution in [1.82, 2.24) is 0 Å². The smallest absolute Gasteiger partial charge is 0.0613 e. The number of hydrazone groups is 1. The SMILES string of the molecule is Clc1ccc(NN=Cc2ccccc2Cl)cc1Cl. The van der Waals surface area contributed by atoms with Crippen LogP contribution in [0.2, 0.25) is 15.1 Å². The molecule has 0 aliphatic rings. The Hall–Kier alpha value is -1.22. The van der Waals surface area contributed by atoms with Gasteiger partial charge in [0.2, 0.25) is 0 Å². The van der Waals surface area contributed by atoms with Crippen LogP contribution in [0.25, 0.3) is 0 Å². The van der Waals surface area contributed by atoms with Crippen LogP contribution < -0.4 is 5.43 Å². The van der Waals surface area contributed by atoms with E-state index in [0.717, 1.165) is 11.3 Å². The van der Waals surface area contributed by atoms with Crippen LogP contribution in [-0.2, 0) is 0 Å². The Balaban J connectivity index is 2.07. The molecule has 1 N–H and O–H groups in total. The Morgan fingerprint density at radius 2 is 1.67 bits per heavy atom. The molecule has 18 heavy (non-hydrogen) atoms. The number of nitrogens with one attached hydrogen (secondary N) is 1. The first-order valence-electron chi connectivity index (χ1n) is 5.15. The minimum atomic E-state index is 0.481. The summed E-state index contributed by atoms with van der Waals surface area (Å²) >= 11 is 17.7. The van der Waals surface area contributed by atoms with Crippen LogP contribution in [0.5, 0.6) is 0 Å². The third-order valence-corrected chi connectivity index (χ3v) is 3.31. The molecule has 0 heterocycles. The molecular formula is C13H9Cl3N2. The molecule has 0 fully saturated rings. The first-order chi connectivity index (χ1) is 8.66. The molecule has 0 atom stereocenters. The molecule has 2 aromatic carbocycles. The lowest BCUT2D eigenvalue weighted by Crippen LogP contribution is -1.91. The molecule has 0 unspecified atom stereocenters. The van der Waals surface area contributed by atoms with Gasteiger partial charge in [0.15, 0.2) is 0 Å². The maximum Gasteiger partial charge on any atom is 0.0613 e. The van der Waals surface area contributed by atoms with E-state index in [1.165, 1.54) is 0 Å². The molecule has 0 saturated heterocycles. The second-order valence-electron chi connectivity index (χ2n) is 3.52. The molecule has 0 spiro atoms. The fraction of sp³-hybridized carbons (Fsp3) is 0. The van der Waals surface area contributed by atoms with Crippen molar-refractivity contribution in [1.29, 1.82) is 0 Å². The summed E-state index contributed by atoms with van der Waals surface area (Å²) in [5, 5.41) is 5.72. The summed E-state index contributed by atoms with van der Waals surface area (Å²) in [5.74, 6) is 0. The van der Waals surface area contributed by atoms with Crippen LogP contribution >= 0.6 is 34.8 Å². The summed E-state index contributed by atoms with van der Waals surface area (Å²) < 4.78 is 0. The van der Waals surface area contributed by atoms with Gasteiger partial charge in [-0.15, -0.1) is 0 Å². The quantitative estimate of drug-likeness (QED) is 0.619. The second kappa shape index (κ2) is 6.10. The van der Waals surface area contributed by atoms with E-state index in [1.807, 2.05) is 24.3 Å². The molecule has 5 heteroatoms. The first-order valence-corrected chi connectivity index (χ1v) is 6.29. The van der Waals surface area contributed by atoms with Crippen molar-refractivity contribution in [2.24, 2.45) is 5.10 Å². The highest BCUT2D eigenvalue weighted by molar-refractivity contribution is 6.42. The van der Waals surface area contributed by atoms with Gasteiger partial charge < -0.3 is 0 Å². The van der Waals surface area contributed by atoms with Crippen LogP contribution in [0.15, 0.2) is 47.6 Å². The summed E-state index contributed by atoms with van der Waals surface area (Å²) in [6, 6.07) is 12.6. The number of nitrogens with zero attached hydrogens (tertiary/aromatic N) is 1. The van der Waals surface area contributed by atoms with Gasteiger partial charge in [-0.1, -0.05) is 53.0 Å². The monoisotopic (exact) mass is 298 g/mol. The molecule has 0 aromatic heterocycles. The lowest BCUT2D eigenvalue weighted by molar-refractivity contribution is 1.35. The third kappa shape index (κ3) is 3.39. The molecule has 0 bridgehead atoms. The van der Waals surface area contributed by atoms with Gasteiger partial charge >= 0.3 is 0 Å². The Bertz CT molecular complexity index is 582. The van der Waals surface area contributed by atoms with E-state index in [2.05, 4.69) is 10.5 Å². The van der Waals surface area contributed by atoms with E-state index in [0.29, 0.717) is 15.1 Å². The van der Waals surface area contributed by atoms with Crippen LogP contribution in [0, 0.1) is 0 Å². The van der Waals surface area contributed by atoms with E-state index in [4.69, 9.17) is 34.8 Å². The molecule has 0 radical (unpaired) electrons. The number of hydrogen-bond acceptors (Lipinski definition) is 2. The number of anilines is 1. The highest BCUT2D eigenvalue weighted by atomic mass is 35.5. The highest BCUT2D eigenvalue weighted by Crippen LogP contribution is 2.24. The van der Waals surface area contributed by atoms with Crippen molar-refractivity contribution in [2.45, 2.75) is 0 Å². The zero-order chi connectivity index (χ0) is 13.0. The van der Waals surface area contributed by atoms with Gasteiger partial charge in [-0.2, -0.15) is 5.10 Å². The highest BCUT2D eigenvalue weighted by Gasteiger charge is 1.98. The minimum Gasteiger partial charge on any atom is -0.278 e. The van der Waals surface area contributed by atoms with Crippen LogP contribution in [0.4, 0.5) is 5.69 Å². The zero-order valence-electron chi connectivity index (χ0n) is 9.20. The van der Waals surface area contributed by atoms with Gasteiger partial charge in [0, 0.05) is 10.6 Å². The summed E-state index contributed by atoms with van der Waals surface area (Å²) in [7, 11) is 0. The molecule has 0 amide bonds. The standard InChI is InChI=1S/C13H9Cl3N2/c14-11-4-2-1-3-9(11)8-17-18-10-5-6-12(15)13(16)7-10/h1-8,18H. The average molecular weight is 300 g/mol. The maximum atomic E-state index is 5.99. The molecule has 0 aliphatic heterocycles. The molecule has 0 saturated carbocycles. The molecule has 2 aromatic rings. The summed E-state index contributed by atoms with van der Waals surface area (Å²) in [6.45, 7) is 0. The van der Waals surface area contributed by atoms with Gasteiger partial charge in [-0.3, -0.25) is 5.43 Å². The summed E-state index contributed by atoms with van der Waals surface area (Å²) in [4.78, 5) is 0. The van der Waals surface area contributed by atoms with Crippen molar-refractivity contribution in [3.05, 3.63) is 63.1 Å². The summed E-state index contributed by atoms with van der Waals surface area (Å²) in [6.07, 6.45) is 1.64. The van der Waals surface area contributed by atoms with Gasteiger partial charge in [-0.25, -0.2) is 0 Å². The zero-order valence-corrected chi connectivity index (χ0v) is 11.5. The van der Waals surface area contributed by atoms with E-state index >= 15 is 0 Å². The van der Waals surface area contributed by atoms with Crippen molar-refractivity contribution in [3.63, 3.8) is 0 Å². The average Bonchev–Trinajstić information content (AvgIpc) is 2.36.